The van der Waals surface area contributed by atoms with Gasteiger partial charge < -0.3 is 4.90 Å². The molecule has 3 nitrogen and oxygen atoms in total. The Hall–Kier alpha value is -0.120. The lowest BCUT2D eigenvalue weighted by Crippen LogP contribution is -2.60. The second-order valence-electron chi connectivity index (χ2n) is 7.37. The highest BCUT2D eigenvalue weighted by Crippen LogP contribution is 2.26. The Kier molecular flexibility index (Phi) is 4.35. The van der Waals surface area contributed by atoms with E-state index in [1.165, 1.54) is 45.8 Å². The van der Waals surface area contributed by atoms with Crippen LogP contribution in [0.1, 0.15) is 34.6 Å². The van der Waals surface area contributed by atoms with E-state index in [2.05, 4.69) is 49.3 Å². The van der Waals surface area contributed by atoms with Gasteiger partial charge in [0, 0.05) is 57.4 Å². The van der Waals surface area contributed by atoms with E-state index < -0.39 is 0 Å². The van der Waals surface area contributed by atoms with Crippen LogP contribution in [-0.2, 0) is 0 Å². The summed E-state index contributed by atoms with van der Waals surface area (Å²) in [6.45, 7) is 20.6. The first-order valence-corrected chi connectivity index (χ1v) is 7.57. The number of hydrogen-bond donors (Lipinski definition) is 0. The van der Waals surface area contributed by atoms with E-state index in [0.29, 0.717) is 11.6 Å². The Morgan fingerprint density at radius 2 is 1.56 bits per heavy atom. The third-order valence-corrected chi connectivity index (χ3v) is 4.56. The predicted molar refractivity (Wildman–Crippen MR) is 78.0 cm³/mol. The van der Waals surface area contributed by atoms with Crippen molar-refractivity contribution in [3.8, 4) is 0 Å². The van der Waals surface area contributed by atoms with Gasteiger partial charge in [-0.15, -0.1) is 0 Å². The molecular weight excluding hydrogens is 222 g/mol. The molecule has 0 aromatic heterocycles. The molecule has 106 valence electrons. The average molecular weight is 253 g/mol. The molecule has 0 atom stereocenters. The van der Waals surface area contributed by atoms with Crippen molar-refractivity contribution in [2.24, 2.45) is 5.92 Å². The van der Waals surface area contributed by atoms with Gasteiger partial charge in [-0.1, -0.05) is 0 Å². The van der Waals surface area contributed by atoms with Crippen molar-refractivity contribution in [2.75, 3.05) is 45.8 Å². The first-order chi connectivity index (χ1) is 8.36. The maximum atomic E-state index is 2.67. The molecule has 2 aliphatic heterocycles. The smallest absolute Gasteiger partial charge is 0.0125 e. The van der Waals surface area contributed by atoms with Crippen LogP contribution in [0.2, 0.25) is 0 Å². The summed E-state index contributed by atoms with van der Waals surface area (Å²) in [7, 11) is 0. The standard InChI is InChI=1S/C15H31N3/c1-13(2)17-8-6-16(7-9-17)10-14-11-18(12-14)15(3,4)5/h13-14H,6-12H2,1-5H3. The van der Waals surface area contributed by atoms with Crippen LogP contribution in [-0.4, -0.2) is 72.1 Å². The Morgan fingerprint density at radius 3 is 2.00 bits per heavy atom. The molecule has 0 aromatic rings. The van der Waals surface area contributed by atoms with E-state index in [0.717, 1.165) is 5.92 Å². The summed E-state index contributed by atoms with van der Waals surface area (Å²) in [4.78, 5) is 7.87. The summed E-state index contributed by atoms with van der Waals surface area (Å²) >= 11 is 0. The van der Waals surface area contributed by atoms with E-state index in [9.17, 15) is 0 Å². The fourth-order valence-corrected chi connectivity index (χ4v) is 3.06. The molecule has 0 unspecified atom stereocenters. The molecule has 2 rings (SSSR count). The van der Waals surface area contributed by atoms with Gasteiger partial charge in [-0.2, -0.15) is 0 Å². The largest absolute Gasteiger partial charge is 0.300 e. The minimum atomic E-state index is 0.368. The maximum Gasteiger partial charge on any atom is 0.0125 e. The predicted octanol–water partition coefficient (Wildman–Crippen LogP) is 1.74. The van der Waals surface area contributed by atoms with Gasteiger partial charge in [0.2, 0.25) is 0 Å². The molecule has 0 spiro atoms. The Morgan fingerprint density at radius 1 is 1.00 bits per heavy atom. The topological polar surface area (TPSA) is 9.72 Å². The molecule has 0 bridgehead atoms. The first-order valence-electron chi connectivity index (χ1n) is 7.57. The van der Waals surface area contributed by atoms with Crippen LogP contribution in [0.25, 0.3) is 0 Å². The lowest BCUT2D eigenvalue weighted by Gasteiger charge is -2.49. The van der Waals surface area contributed by atoms with Crippen molar-refractivity contribution in [3.63, 3.8) is 0 Å². The highest BCUT2D eigenvalue weighted by atomic mass is 15.3. The van der Waals surface area contributed by atoms with Gasteiger partial charge in [0.25, 0.3) is 0 Å². The van der Waals surface area contributed by atoms with E-state index in [4.69, 9.17) is 0 Å². The van der Waals surface area contributed by atoms with Gasteiger partial charge in [-0.05, 0) is 40.5 Å². The minimum absolute atomic E-state index is 0.368. The third-order valence-electron chi connectivity index (χ3n) is 4.56. The van der Waals surface area contributed by atoms with Gasteiger partial charge in [-0.25, -0.2) is 0 Å². The molecule has 0 aliphatic carbocycles. The second-order valence-corrected chi connectivity index (χ2v) is 7.37. The first kappa shape index (κ1) is 14.3. The zero-order valence-electron chi connectivity index (χ0n) is 12.9. The lowest BCUT2D eigenvalue weighted by molar-refractivity contribution is -0.0103. The molecule has 2 fully saturated rings. The van der Waals surface area contributed by atoms with Gasteiger partial charge in [-0.3, -0.25) is 9.80 Å². The van der Waals surface area contributed by atoms with E-state index in [-0.39, 0.29) is 0 Å². The monoisotopic (exact) mass is 253 g/mol. The quantitative estimate of drug-likeness (QED) is 0.758. The van der Waals surface area contributed by atoms with Crippen LogP contribution in [0.15, 0.2) is 0 Å². The number of piperazine rings is 1. The Labute approximate surface area is 113 Å². The van der Waals surface area contributed by atoms with Crippen LogP contribution in [0, 0.1) is 5.92 Å². The van der Waals surface area contributed by atoms with E-state index >= 15 is 0 Å². The number of hydrogen-bond acceptors (Lipinski definition) is 3. The zero-order valence-corrected chi connectivity index (χ0v) is 12.9. The molecule has 0 amide bonds. The molecule has 3 heteroatoms. The van der Waals surface area contributed by atoms with Crippen molar-refractivity contribution < 1.29 is 0 Å². The maximum absolute atomic E-state index is 2.67. The zero-order chi connectivity index (χ0) is 13.3. The summed E-state index contributed by atoms with van der Waals surface area (Å²) in [5.74, 6) is 0.912. The molecule has 0 aromatic carbocycles. The molecular formula is C15H31N3. The summed E-state index contributed by atoms with van der Waals surface area (Å²) in [5.41, 5.74) is 0.368. The third kappa shape index (κ3) is 3.46. The minimum Gasteiger partial charge on any atom is -0.300 e. The number of rotatable bonds is 3. The van der Waals surface area contributed by atoms with Crippen molar-refractivity contribution in [1.82, 2.24) is 14.7 Å². The highest BCUT2D eigenvalue weighted by molar-refractivity contribution is 4.90. The second kappa shape index (κ2) is 5.48. The Balaban J connectivity index is 1.65. The lowest BCUT2D eigenvalue weighted by atomic mass is 9.92. The molecule has 2 aliphatic rings. The average Bonchev–Trinajstić information content (AvgIpc) is 2.21. The number of likely N-dealkylation sites (tertiary alicyclic amines) is 1. The molecule has 0 radical (unpaired) electrons. The van der Waals surface area contributed by atoms with Gasteiger partial charge in [0.1, 0.15) is 0 Å². The van der Waals surface area contributed by atoms with Crippen molar-refractivity contribution in [2.45, 2.75) is 46.2 Å². The van der Waals surface area contributed by atoms with Crippen LogP contribution in [0.5, 0.6) is 0 Å². The fourth-order valence-electron chi connectivity index (χ4n) is 3.06. The van der Waals surface area contributed by atoms with Crippen molar-refractivity contribution in [1.29, 1.82) is 0 Å². The number of nitrogens with zero attached hydrogens (tertiary/aromatic N) is 3. The normalized spacial score (nSPS) is 25.7. The van der Waals surface area contributed by atoms with Crippen molar-refractivity contribution >= 4 is 0 Å². The summed E-state index contributed by atoms with van der Waals surface area (Å²) < 4.78 is 0. The SMILES string of the molecule is CC(C)N1CCN(CC2CN(C(C)(C)C)C2)CC1. The molecule has 2 heterocycles. The van der Waals surface area contributed by atoms with Crippen LogP contribution in [0.4, 0.5) is 0 Å². The molecule has 2 saturated heterocycles. The Bertz CT molecular complexity index is 255. The molecule has 18 heavy (non-hydrogen) atoms. The highest BCUT2D eigenvalue weighted by Gasteiger charge is 2.35. The van der Waals surface area contributed by atoms with E-state index in [1.54, 1.807) is 0 Å². The fraction of sp³-hybridized carbons (Fsp3) is 1.00. The van der Waals surface area contributed by atoms with Crippen molar-refractivity contribution in [3.05, 3.63) is 0 Å². The molecule has 0 saturated carbocycles. The van der Waals surface area contributed by atoms with Crippen LogP contribution < -0.4 is 0 Å². The van der Waals surface area contributed by atoms with Crippen LogP contribution in [0.3, 0.4) is 0 Å². The van der Waals surface area contributed by atoms with Gasteiger partial charge in [0.05, 0.1) is 0 Å². The van der Waals surface area contributed by atoms with Crippen LogP contribution >= 0.6 is 0 Å². The van der Waals surface area contributed by atoms with E-state index in [1.807, 2.05) is 0 Å². The van der Waals surface area contributed by atoms with Gasteiger partial charge >= 0.3 is 0 Å². The molecule has 0 N–H and O–H groups in total. The summed E-state index contributed by atoms with van der Waals surface area (Å²) in [5, 5.41) is 0. The van der Waals surface area contributed by atoms with Gasteiger partial charge in [0.15, 0.2) is 0 Å². The summed E-state index contributed by atoms with van der Waals surface area (Å²) in [6, 6.07) is 0.715. The summed E-state index contributed by atoms with van der Waals surface area (Å²) in [6.07, 6.45) is 0.